The minimum Gasteiger partial charge on any atom is -0.488 e. The lowest BCUT2D eigenvalue weighted by Gasteiger charge is -2.20. The topological polar surface area (TPSA) is 51.2 Å². The summed E-state index contributed by atoms with van der Waals surface area (Å²) in [4.78, 5) is 17.2. The lowest BCUT2D eigenvalue weighted by molar-refractivity contribution is 0.102. The molecule has 1 aromatic heterocycles. The fraction of sp³-hybridized carbons (Fsp3) is 0.103. The summed E-state index contributed by atoms with van der Waals surface area (Å²) in [5, 5.41) is 3.07. The standard InChI is InChI=1S/C29H26N2O2/c1-3-12-24-21(2)28(23-15-8-5-9-16-23)26(31-29(32)25-17-10-11-18-30-25)19-27(24)33-20-22-13-6-4-7-14-22/h3-19H,20H2,1-2H3,(H,31,32)/b12-3-. The molecule has 4 heteroatoms. The van der Waals surface area contributed by atoms with Gasteiger partial charge in [0.25, 0.3) is 5.91 Å². The van der Waals surface area contributed by atoms with Gasteiger partial charge >= 0.3 is 0 Å². The zero-order chi connectivity index (χ0) is 23.0. The van der Waals surface area contributed by atoms with Crippen molar-refractivity contribution in [1.29, 1.82) is 0 Å². The molecular weight excluding hydrogens is 408 g/mol. The summed E-state index contributed by atoms with van der Waals surface area (Å²) < 4.78 is 6.26. The molecule has 4 rings (SSSR count). The molecule has 0 unspecified atom stereocenters. The molecule has 33 heavy (non-hydrogen) atoms. The van der Waals surface area contributed by atoms with Gasteiger partial charge in [-0.25, -0.2) is 0 Å². The molecule has 0 aliphatic rings. The molecule has 1 N–H and O–H groups in total. The Kier molecular flexibility index (Phi) is 6.96. The second kappa shape index (κ2) is 10.4. The van der Waals surface area contributed by atoms with Crippen molar-refractivity contribution in [2.24, 2.45) is 0 Å². The number of amides is 1. The summed E-state index contributed by atoms with van der Waals surface area (Å²) in [5.41, 5.74) is 6.12. The van der Waals surface area contributed by atoms with E-state index in [1.165, 1.54) is 0 Å². The van der Waals surface area contributed by atoms with Crippen molar-refractivity contribution in [2.45, 2.75) is 20.5 Å². The van der Waals surface area contributed by atoms with Crippen LogP contribution < -0.4 is 10.1 Å². The summed E-state index contributed by atoms with van der Waals surface area (Å²) in [6, 6.07) is 27.3. The fourth-order valence-electron chi connectivity index (χ4n) is 3.79. The van der Waals surface area contributed by atoms with Gasteiger partial charge in [0.2, 0.25) is 0 Å². The van der Waals surface area contributed by atoms with Gasteiger partial charge in [-0.3, -0.25) is 9.78 Å². The molecule has 1 heterocycles. The van der Waals surface area contributed by atoms with Gasteiger partial charge in [0.1, 0.15) is 18.1 Å². The highest BCUT2D eigenvalue weighted by Gasteiger charge is 2.19. The Morgan fingerprint density at radius 2 is 1.67 bits per heavy atom. The quantitative estimate of drug-likeness (QED) is 0.343. The van der Waals surface area contributed by atoms with Gasteiger partial charge in [0.05, 0.1) is 5.69 Å². The van der Waals surface area contributed by atoms with Gasteiger partial charge in [0.15, 0.2) is 0 Å². The number of aromatic nitrogens is 1. The Labute approximate surface area is 194 Å². The zero-order valence-electron chi connectivity index (χ0n) is 18.8. The summed E-state index contributed by atoms with van der Waals surface area (Å²) in [5.74, 6) is 0.449. The highest BCUT2D eigenvalue weighted by molar-refractivity contribution is 6.06. The van der Waals surface area contributed by atoms with Crippen molar-refractivity contribution in [3.63, 3.8) is 0 Å². The molecule has 164 valence electrons. The maximum absolute atomic E-state index is 13.0. The largest absolute Gasteiger partial charge is 0.488 e. The van der Waals surface area contributed by atoms with Crippen LogP contribution >= 0.6 is 0 Å². The summed E-state index contributed by atoms with van der Waals surface area (Å²) >= 11 is 0. The molecule has 0 fully saturated rings. The lowest BCUT2D eigenvalue weighted by atomic mass is 9.93. The molecule has 3 aromatic carbocycles. The third-order valence-electron chi connectivity index (χ3n) is 5.37. The number of rotatable bonds is 7. The second-order valence-corrected chi connectivity index (χ2v) is 7.65. The highest BCUT2D eigenvalue weighted by atomic mass is 16.5. The van der Waals surface area contributed by atoms with Crippen LogP contribution in [0.2, 0.25) is 0 Å². The van der Waals surface area contributed by atoms with Crippen LogP contribution in [0, 0.1) is 6.92 Å². The van der Waals surface area contributed by atoms with Crippen molar-refractivity contribution in [3.05, 3.63) is 120 Å². The van der Waals surface area contributed by atoms with Crippen molar-refractivity contribution in [2.75, 3.05) is 5.32 Å². The number of carbonyl (C=O) groups excluding carboxylic acids is 1. The SMILES string of the molecule is C/C=C\c1c(OCc2ccccc2)cc(NC(=O)c2ccccn2)c(-c2ccccc2)c1C. The molecule has 0 atom stereocenters. The molecule has 0 bridgehead atoms. The van der Waals surface area contributed by atoms with Crippen LogP contribution in [0.25, 0.3) is 17.2 Å². The summed E-state index contributed by atoms with van der Waals surface area (Å²) in [6.45, 7) is 4.48. The average Bonchev–Trinajstić information content (AvgIpc) is 2.86. The van der Waals surface area contributed by atoms with Crippen molar-refractivity contribution in [1.82, 2.24) is 4.98 Å². The van der Waals surface area contributed by atoms with Gasteiger partial charge in [-0.2, -0.15) is 0 Å². The van der Waals surface area contributed by atoms with Gasteiger partial charge < -0.3 is 10.1 Å². The number of allylic oxidation sites excluding steroid dienone is 1. The van der Waals surface area contributed by atoms with Crippen LogP contribution in [-0.2, 0) is 6.61 Å². The number of anilines is 1. The first-order chi connectivity index (χ1) is 16.2. The minimum absolute atomic E-state index is 0.264. The van der Waals surface area contributed by atoms with E-state index in [2.05, 4.69) is 17.2 Å². The molecule has 1 amide bonds. The van der Waals surface area contributed by atoms with Gasteiger partial charge in [-0.15, -0.1) is 0 Å². The molecule has 0 radical (unpaired) electrons. The van der Waals surface area contributed by atoms with E-state index in [4.69, 9.17) is 4.74 Å². The van der Waals surface area contributed by atoms with E-state index in [1.807, 2.05) is 85.8 Å². The average molecular weight is 435 g/mol. The summed E-state index contributed by atoms with van der Waals surface area (Å²) in [6.07, 6.45) is 5.66. The van der Waals surface area contributed by atoms with Crippen molar-refractivity contribution in [3.8, 4) is 16.9 Å². The van der Waals surface area contributed by atoms with E-state index >= 15 is 0 Å². The Bertz CT molecular complexity index is 1250. The lowest BCUT2D eigenvalue weighted by Crippen LogP contribution is -2.15. The smallest absolute Gasteiger partial charge is 0.274 e. The molecule has 0 spiro atoms. The van der Waals surface area contributed by atoms with Crippen LogP contribution in [-0.4, -0.2) is 10.9 Å². The van der Waals surface area contributed by atoms with Crippen molar-refractivity contribution < 1.29 is 9.53 Å². The van der Waals surface area contributed by atoms with E-state index in [0.717, 1.165) is 27.8 Å². The van der Waals surface area contributed by atoms with Gasteiger partial charge in [-0.1, -0.05) is 78.9 Å². The zero-order valence-corrected chi connectivity index (χ0v) is 18.8. The number of carbonyl (C=O) groups is 1. The Hall–Kier alpha value is -4.18. The molecule has 4 aromatic rings. The number of hydrogen-bond acceptors (Lipinski definition) is 3. The van der Waals surface area contributed by atoms with E-state index < -0.39 is 0 Å². The number of ether oxygens (including phenoxy) is 1. The predicted octanol–water partition coefficient (Wildman–Crippen LogP) is 6.92. The molecule has 0 saturated heterocycles. The van der Waals surface area contributed by atoms with E-state index in [1.54, 1.807) is 24.4 Å². The van der Waals surface area contributed by atoms with Crippen molar-refractivity contribution >= 4 is 17.7 Å². The molecular formula is C29H26N2O2. The maximum atomic E-state index is 13.0. The summed E-state index contributed by atoms with van der Waals surface area (Å²) in [7, 11) is 0. The number of nitrogens with one attached hydrogen (secondary N) is 1. The molecule has 0 saturated carbocycles. The Morgan fingerprint density at radius 1 is 0.970 bits per heavy atom. The third-order valence-corrected chi connectivity index (χ3v) is 5.37. The fourth-order valence-corrected chi connectivity index (χ4v) is 3.79. The first kappa shape index (κ1) is 22.0. The first-order valence-electron chi connectivity index (χ1n) is 10.9. The Balaban J connectivity index is 1.80. The molecule has 0 aliphatic carbocycles. The van der Waals surface area contributed by atoms with E-state index in [9.17, 15) is 4.79 Å². The van der Waals surface area contributed by atoms with Crippen LogP contribution in [0.3, 0.4) is 0 Å². The van der Waals surface area contributed by atoms with Gasteiger partial charge in [0, 0.05) is 23.4 Å². The van der Waals surface area contributed by atoms with Crippen LogP contribution in [0.15, 0.2) is 97.2 Å². The second-order valence-electron chi connectivity index (χ2n) is 7.65. The predicted molar refractivity (Wildman–Crippen MR) is 134 cm³/mol. The third kappa shape index (κ3) is 5.18. The van der Waals surface area contributed by atoms with Gasteiger partial charge in [-0.05, 0) is 42.7 Å². The number of nitrogens with zero attached hydrogens (tertiary/aromatic N) is 1. The normalized spacial score (nSPS) is 10.8. The molecule has 4 nitrogen and oxygen atoms in total. The highest BCUT2D eigenvalue weighted by Crippen LogP contribution is 2.40. The van der Waals surface area contributed by atoms with Crippen LogP contribution in [0.1, 0.15) is 34.1 Å². The maximum Gasteiger partial charge on any atom is 0.274 e. The van der Waals surface area contributed by atoms with Crippen LogP contribution in [0.4, 0.5) is 5.69 Å². The number of hydrogen-bond donors (Lipinski definition) is 1. The monoisotopic (exact) mass is 434 g/mol. The van der Waals surface area contributed by atoms with Crippen LogP contribution in [0.5, 0.6) is 5.75 Å². The van der Waals surface area contributed by atoms with E-state index in [0.29, 0.717) is 23.7 Å². The molecule has 0 aliphatic heterocycles. The minimum atomic E-state index is -0.264. The first-order valence-corrected chi connectivity index (χ1v) is 10.9. The number of pyridine rings is 1. The Morgan fingerprint density at radius 3 is 2.33 bits per heavy atom. The van der Waals surface area contributed by atoms with E-state index in [-0.39, 0.29) is 5.91 Å². The number of benzene rings is 3.